The van der Waals surface area contributed by atoms with Crippen LogP contribution in [0.5, 0.6) is 0 Å². The number of primary amides is 1. The molecular weight excluding hydrogens is 270 g/mol. The van der Waals surface area contributed by atoms with Crippen molar-refractivity contribution < 1.29 is 18.5 Å². The first kappa shape index (κ1) is 13.6. The Balaban J connectivity index is 2.74. The van der Waals surface area contributed by atoms with Crippen molar-refractivity contribution in [2.75, 3.05) is 0 Å². The van der Waals surface area contributed by atoms with E-state index in [0.29, 0.717) is 0 Å². The topological polar surface area (TPSA) is 86.2 Å². The summed E-state index contributed by atoms with van der Waals surface area (Å²) in [5.74, 6) is -2.78. The molecule has 0 saturated carbocycles. The molecule has 20 heavy (non-hydrogen) atoms. The van der Waals surface area contributed by atoms with E-state index in [-0.39, 0.29) is 16.8 Å². The number of hydrogen-bond acceptors (Lipinski definition) is 3. The number of nitro groups is 1. The van der Waals surface area contributed by atoms with Gasteiger partial charge in [-0.2, -0.15) is 0 Å². The maximum absolute atomic E-state index is 13.7. The van der Waals surface area contributed by atoms with Crippen LogP contribution in [0.15, 0.2) is 36.4 Å². The van der Waals surface area contributed by atoms with Crippen LogP contribution in [-0.4, -0.2) is 10.8 Å². The zero-order valence-electron chi connectivity index (χ0n) is 9.97. The normalized spacial score (nSPS) is 10.3. The van der Waals surface area contributed by atoms with Gasteiger partial charge in [0.15, 0.2) is 0 Å². The highest BCUT2D eigenvalue weighted by molar-refractivity contribution is 6.00. The fraction of sp³-hybridized carbons (Fsp3) is 0. The van der Waals surface area contributed by atoms with Crippen molar-refractivity contribution in [1.29, 1.82) is 0 Å². The Labute approximate surface area is 111 Å². The molecule has 2 aromatic rings. The molecule has 2 N–H and O–H groups in total. The van der Waals surface area contributed by atoms with Crippen molar-refractivity contribution in [1.82, 2.24) is 0 Å². The van der Waals surface area contributed by atoms with Gasteiger partial charge in [-0.3, -0.25) is 14.9 Å². The number of rotatable bonds is 3. The highest BCUT2D eigenvalue weighted by Crippen LogP contribution is 2.31. The number of non-ortho nitro benzene ring substituents is 1. The second-order valence-electron chi connectivity index (χ2n) is 3.95. The first-order chi connectivity index (χ1) is 9.41. The first-order valence-electron chi connectivity index (χ1n) is 5.44. The number of carbonyl (C=O) groups is 1. The summed E-state index contributed by atoms with van der Waals surface area (Å²) in [6.07, 6.45) is 0. The zero-order valence-corrected chi connectivity index (χ0v) is 9.97. The molecule has 0 spiro atoms. The lowest BCUT2D eigenvalue weighted by Crippen LogP contribution is -2.13. The van der Waals surface area contributed by atoms with Crippen LogP contribution in [0.25, 0.3) is 11.1 Å². The first-order valence-corrected chi connectivity index (χ1v) is 5.44. The smallest absolute Gasteiger partial charge is 0.270 e. The second-order valence-corrected chi connectivity index (χ2v) is 3.95. The van der Waals surface area contributed by atoms with Gasteiger partial charge in [0, 0.05) is 17.7 Å². The van der Waals surface area contributed by atoms with E-state index in [1.165, 1.54) is 6.07 Å². The van der Waals surface area contributed by atoms with Crippen molar-refractivity contribution in [2.24, 2.45) is 5.73 Å². The fourth-order valence-corrected chi connectivity index (χ4v) is 1.82. The molecule has 5 nitrogen and oxygen atoms in total. The van der Waals surface area contributed by atoms with Gasteiger partial charge in [0.25, 0.3) is 5.69 Å². The molecule has 7 heteroatoms. The molecule has 0 unspecified atom stereocenters. The van der Waals surface area contributed by atoms with Crippen LogP contribution in [0.4, 0.5) is 14.5 Å². The van der Waals surface area contributed by atoms with Crippen molar-refractivity contribution in [3.63, 3.8) is 0 Å². The number of carbonyl (C=O) groups excluding carboxylic acids is 1. The van der Waals surface area contributed by atoms with Crippen LogP contribution in [0, 0.1) is 21.7 Å². The van der Waals surface area contributed by atoms with Gasteiger partial charge in [-0.25, -0.2) is 8.78 Å². The van der Waals surface area contributed by atoms with Crippen molar-refractivity contribution in [3.8, 4) is 11.1 Å². The summed E-state index contributed by atoms with van der Waals surface area (Å²) in [6.45, 7) is 0. The Morgan fingerprint density at radius 1 is 1.15 bits per heavy atom. The SMILES string of the molecule is NC(=O)c1cc([N+](=O)[O-])ccc1-c1c(F)cccc1F. The monoisotopic (exact) mass is 278 g/mol. The predicted molar refractivity (Wildman–Crippen MR) is 67.0 cm³/mol. The third-order valence-corrected chi connectivity index (χ3v) is 2.71. The molecule has 0 saturated heterocycles. The predicted octanol–water partition coefficient (Wildman–Crippen LogP) is 2.64. The van der Waals surface area contributed by atoms with Crippen LogP contribution in [-0.2, 0) is 0 Å². The van der Waals surface area contributed by atoms with Crippen LogP contribution < -0.4 is 5.73 Å². The number of nitrogens with zero attached hydrogens (tertiary/aromatic N) is 1. The molecule has 0 aliphatic carbocycles. The Kier molecular flexibility index (Phi) is 3.43. The summed E-state index contributed by atoms with van der Waals surface area (Å²) in [5, 5.41) is 10.7. The van der Waals surface area contributed by atoms with E-state index in [0.717, 1.165) is 30.3 Å². The van der Waals surface area contributed by atoms with Gasteiger partial charge in [0.1, 0.15) is 11.6 Å². The largest absolute Gasteiger partial charge is 0.366 e. The minimum absolute atomic E-state index is 0.126. The maximum Gasteiger partial charge on any atom is 0.270 e. The number of benzene rings is 2. The molecule has 0 bridgehead atoms. The van der Waals surface area contributed by atoms with Gasteiger partial charge < -0.3 is 5.73 Å². The van der Waals surface area contributed by atoms with Crippen LogP contribution in [0.3, 0.4) is 0 Å². The van der Waals surface area contributed by atoms with Crippen molar-refractivity contribution in [2.45, 2.75) is 0 Å². The molecule has 2 rings (SSSR count). The molecule has 2 aromatic carbocycles. The number of nitrogens with two attached hydrogens (primary N) is 1. The average Bonchev–Trinajstić information content (AvgIpc) is 2.38. The average molecular weight is 278 g/mol. The minimum Gasteiger partial charge on any atom is -0.366 e. The number of amides is 1. The van der Waals surface area contributed by atoms with Gasteiger partial charge in [0.05, 0.1) is 16.1 Å². The third-order valence-electron chi connectivity index (χ3n) is 2.71. The van der Waals surface area contributed by atoms with Crippen molar-refractivity contribution >= 4 is 11.6 Å². The molecule has 0 radical (unpaired) electrons. The lowest BCUT2D eigenvalue weighted by molar-refractivity contribution is -0.384. The van der Waals surface area contributed by atoms with Gasteiger partial charge in [0.2, 0.25) is 5.91 Å². The Hall–Kier alpha value is -2.83. The van der Waals surface area contributed by atoms with Gasteiger partial charge in [-0.15, -0.1) is 0 Å². The molecule has 0 aliphatic heterocycles. The Morgan fingerprint density at radius 3 is 2.25 bits per heavy atom. The van der Waals surface area contributed by atoms with Crippen LogP contribution in [0.1, 0.15) is 10.4 Å². The quantitative estimate of drug-likeness (QED) is 0.691. The third kappa shape index (κ3) is 2.33. The lowest BCUT2D eigenvalue weighted by atomic mass is 9.97. The second kappa shape index (κ2) is 5.04. The van der Waals surface area contributed by atoms with Crippen LogP contribution >= 0.6 is 0 Å². The molecule has 0 aliphatic rings. The molecular formula is C13H8F2N2O3. The Bertz CT molecular complexity index is 697. The number of nitro benzene ring substituents is 1. The molecule has 0 atom stereocenters. The minimum atomic E-state index is -1.01. The van der Waals surface area contributed by atoms with E-state index in [4.69, 9.17) is 5.73 Å². The van der Waals surface area contributed by atoms with Crippen LogP contribution in [0.2, 0.25) is 0 Å². The fourth-order valence-electron chi connectivity index (χ4n) is 1.82. The zero-order chi connectivity index (χ0) is 14.9. The van der Waals surface area contributed by atoms with E-state index >= 15 is 0 Å². The highest BCUT2D eigenvalue weighted by atomic mass is 19.1. The number of hydrogen-bond donors (Lipinski definition) is 1. The van der Waals surface area contributed by atoms with Gasteiger partial charge in [-0.1, -0.05) is 6.07 Å². The summed E-state index contributed by atoms with van der Waals surface area (Å²) in [4.78, 5) is 21.3. The summed E-state index contributed by atoms with van der Waals surface area (Å²) < 4.78 is 27.4. The molecule has 1 amide bonds. The molecule has 0 fully saturated rings. The van der Waals surface area contributed by atoms with E-state index in [1.807, 2.05) is 0 Å². The highest BCUT2D eigenvalue weighted by Gasteiger charge is 2.20. The molecule has 102 valence electrons. The van der Waals surface area contributed by atoms with Gasteiger partial charge in [-0.05, 0) is 18.2 Å². The van der Waals surface area contributed by atoms with E-state index in [9.17, 15) is 23.7 Å². The molecule has 0 aromatic heterocycles. The van der Waals surface area contributed by atoms with E-state index < -0.39 is 28.0 Å². The summed E-state index contributed by atoms with van der Waals surface area (Å²) in [6, 6.07) is 6.25. The standard InChI is InChI=1S/C13H8F2N2O3/c14-10-2-1-3-11(15)12(10)8-5-4-7(17(19)20)6-9(8)13(16)18/h1-6H,(H2,16,18). The maximum atomic E-state index is 13.7. The Morgan fingerprint density at radius 2 is 1.75 bits per heavy atom. The summed E-state index contributed by atoms with van der Waals surface area (Å²) in [5.41, 5.74) is 3.83. The summed E-state index contributed by atoms with van der Waals surface area (Å²) in [7, 11) is 0. The van der Waals surface area contributed by atoms with Crippen molar-refractivity contribution in [3.05, 3.63) is 63.7 Å². The summed E-state index contributed by atoms with van der Waals surface area (Å²) >= 11 is 0. The number of halogens is 2. The van der Waals surface area contributed by atoms with Gasteiger partial charge >= 0.3 is 0 Å². The molecule has 0 heterocycles. The van der Waals surface area contributed by atoms with E-state index in [2.05, 4.69) is 0 Å². The lowest BCUT2D eigenvalue weighted by Gasteiger charge is -2.09. The van der Waals surface area contributed by atoms with E-state index in [1.54, 1.807) is 0 Å².